The molecule has 1 heterocycles. The Kier molecular flexibility index (Phi) is 5.74. The van der Waals surface area contributed by atoms with Crippen LogP contribution >= 0.6 is 11.8 Å². The smallest absolute Gasteiger partial charge is 0.338 e. The molecule has 0 aliphatic heterocycles. The van der Waals surface area contributed by atoms with E-state index >= 15 is 0 Å². The Morgan fingerprint density at radius 2 is 2.10 bits per heavy atom. The number of nitrogens with one attached hydrogen (secondary N) is 2. The quantitative estimate of drug-likeness (QED) is 0.649. The molecule has 0 bridgehead atoms. The van der Waals surface area contributed by atoms with Gasteiger partial charge in [0, 0.05) is 12.7 Å². The first-order valence-electron chi connectivity index (χ1n) is 5.43. The molecule has 0 radical (unpaired) electrons. The lowest BCUT2D eigenvalue weighted by Gasteiger charge is -2.07. The van der Waals surface area contributed by atoms with Crippen LogP contribution in [0.1, 0.15) is 12.6 Å². The SMILES string of the molecule is CCNC(=O)NC(=O)CSc1nccc(C(F)(F)F)n1. The highest BCUT2D eigenvalue weighted by molar-refractivity contribution is 7.99. The van der Waals surface area contributed by atoms with E-state index in [1.807, 2.05) is 5.32 Å². The van der Waals surface area contributed by atoms with Crippen molar-refractivity contribution in [1.29, 1.82) is 0 Å². The zero-order valence-electron chi connectivity index (χ0n) is 10.3. The van der Waals surface area contributed by atoms with E-state index < -0.39 is 23.8 Å². The fourth-order valence-electron chi connectivity index (χ4n) is 1.07. The predicted octanol–water partition coefficient (Wildman–Crippen LogP) is 1.43. The molecule has 0 saturated heterocycles. The zero-order valence-corrected chi connectivity index (χ0v) is 11.1. The van der Waals surface area contributed by atoms with E-state index in [-0.39, 0.29) is 10.9 Å². The third-order valence-electron chi connectivity index (χ3n) is 1.85. The van der Waals surface area contributed by atoms with Gasteiger partial charge in [-0.3, -0.25) is 10.1 Å². The van der Waals surface area contributed by atoms with Crippen LogP contribution in [-0.2, 0) is 11.0 Å². The molecule has 2 N–H and O–H groups in total. The minimum atomic E-state index is -4.57. The van der Waals surface area contributed by atoms with Crippen LogP contribution in [0.15, 0.2) is 17.4 Å². The summed E-state index contributed by atoms with van der Waals surface area (Å²) in [6.45, 7) is 2.03. The van der Waals surface area contributed by atoms with Gasteiger partial charge in [0.2, 0.25) is 5.91 Å². The van der Waals surface area contributed by atoms with Gasteiger partial charge < -0.3 is 5.32 Å². The number of carbonyl (C=O) groups is 2. The summed E-state index contributed by atoms with van der Waals surface area (Å²) < 4.78 is 37.2. The van der Waals surface area contributed by atoms with Crippen molar-refractivity contribution in [2.24, 2.45) is 0 Å². The Bertz CT molecular complexity index is 496. The van der Waals surface area contributed by atoms with Crippen LogP contribution in [0, 0.1) is 0 Å². The number of halogens is 3. The molecule has 6 nitrogen and oxygen atoms in total. The average Bonchev–Trinajstić information content (AvgIpc) is 2.36. The normalized spacial score (nSPS) is 11.0. The molecule has 0 aromatic carbocycles. The predicted molar refractivity (Wildman–Crippen MR) is 65.0 cm³/mol. The second-order valence-corrected chi connectivity index (χ2v) is 4.36. The number of rotatable bonds is 4. The van der Waals surface area contributed by atoms with E-state index in [1.165, 1.54) is 0 Å². The summed E-state index contributed by atoms with van der Waals surface area (Å²) in [5, 5.41) is 4.16. The monoisotopic (exact) mass is 308 g/mol. The highest BCUT2D eigenvalue weighted by Crippen LogP contribution is 2.28. The van der Waals surface area contributed by atoms with E-state index in [0.29, 0.717) is 18.3 Å². The summed E-state index contributed by atoms with van der Waals surface area (Å²) in [5.74, 6) is -0.916. The molecule has 1 aromatic heterocycles. The maximum Gasteiger partial charge on any atom is 0.433 e. The summed E-state index contributed by atoms with van der Waals surface area (Å²) in [7, 11) is 0. The summed E-state index contributed by atoms with van der Waals surface area (Å²) in [6.07, 6.45) is -3.61. The third kappa shape index (κ3) is 5.43. The van der Waals surface area contributed by atoms with Crippen LogP contribution in [0.4, 0.5) is 18.0 Å². The lowest BCUT2D eigenvalue weighted by atomic mass is 10.4. The number of nitrogens with zero attached hydrogens (tertiary/aromatic N) is 2. The van der Waals surface area contributed by atoms with Gasteiger partial charge in [-0.05, 0) is 13.0 Å². The van der Waals surface area contributed by atoms with E-state index in [1.54, 1.807) is 6.92 Å². The molecule has 10 heteroatoms. The van der Waals surface area contributed by atoms with E-state index in [2.05, 4.69) is 15.3 Å². The van der Waals surface area contributed by atoms with Crippen LogP contribution in [0.25, 0.3) is 0 Å². The Hall–Kier alpha value is -1.84. The van der Waals surface area contributed by atoms with Gasteiger partial charge in [-0.2, -0.15) is 13.2 Å². The van der Waals surface area contributed by atoms with Gasteiger partial charge in [0.25, 0.3) is 0 Å². The van der Waals surface area contributed by atoms with Crippen LogP contribution in [-0.4, -0.2) is 34.2 Å². The number of carbonyl (C=O) groups excluding carboxylic acids is 2. The lowest BCUT2D eigenvalue weighted by molar-refractivity contribution is -0.141. The summed E-state index contributed by atoms with van der Waals surface area (Å²) in [4.78, 5) is 29.2. The first-order valence-corrected chi connectivity index (χ1v) is 6.42. The Balaban J connectivity index is 2.54. The average molecular weight is 308 g/mol. The number of aromatic nitrogens is 2. The Morgan fingerprint density at radius 1 is 1.40 bits per heavy atom. The van der Waals surface area contributed by atoms with Crippen LogP contribution in [0.5, 0.6) is 0 Å². The zero-order chi connectivity index (χ0) is 15.2. The van der Waals surface area contributed by atoms with Gasteiger partial charge in [0.15, 0.2) is 5.16 Å². The molecular formula is C10H11F3N4O2S. The van der Waals surface area contributed by atoms with Crippen molar-refractivity contribution in [2.45, 2.75) is 18.3 Å². The van der Waals surface area contributed by atoms with Crippen molar-refractivity contribution < 1.29 is 22.8 Å². The van der Waals surface area contributed by atoms with Crippen molar-refractivity contribution in [3.05, 3.63) is 18.0 Å². The van der Waals surface area contributed by atoms with Gasteiger partial charge >= 0.3 is 12.2 Å². The van der Waals surface area contributed by atoms with Crippen LogP contribution in [0.3, 0.4) is 0 Å². The summed E-state index contributed by atoms with van der Waals surface area (Å²) in [5.41, 5.74) is -1.08. The van der Waals surface area contributed by atoms with E-state index in [4.69, 9.17) is 0 Å². The molecule has 0 spiro atoms. The number of imide groups is 1. The molecule has 110 valence electrons. The number of thioether (sulfide) groups is 1. The molecular weight excluding hydrogens is 297 g/mol. The first kappa shape index (κ1) is 16.2. The van der Waals surface area contributed by atoms with Gasteiger partial charge in [-0.15, -0.1) is 0 Å². The number of amides is 3. The molecule has 0 saturated carbocycles. The van der Waals surface area contributed by atoms with Crippen molar-refractivity contribution in [3.63, 3.8) is 0 Å². The number of urea groups is 1. The largest absolute Gasteiger partial charge is 0.433 e. The maximum absolute atomic E-state index is 12.4. The molecule has 0 aliphatic carbocycles. The molecule has 0 unspecified atom stereocenters. The standard InChI is InChI=1S/C10H11F3N4O2S/c1-2-14-8(19)17-7(18)5-20-9-15-4-3-6(16-9)10(11,12)13/h3-4H,2,5H2,1H3,(H2,14,17,18,19). The van der Waals surface area contributed by atoms with E-state index in [0.717, 1.165) is 12.3 Å². The molecule has 0 fully saturated rings. The molecule has 1 rings (SSSR count). The summed E-state index contributed by atoms with van der Waals surface area (Å²) in [6, 6.07) is 0.0711. The minimum absolute atomic E-state index is 0.189. The van der Waals surface area contributed by atoms with E-state index in [9.17, 15) is 22.8 Å². The number of hydrogen-bond donors (Lipinski definition) is 2. The third-order valence-corrected chi connectivity index (χ3v) is 2.71. The highest BCUT2D eigenvalue weighted by atomic mass is 32.2. The molecule has 20 heavy (non-hydrogen) atoms. The van der Waals surface area contributed by atoms with Crippen molar-refractivity contribution in [3.8, 4) is 0 Å². The minimum Gasteiger partial charge on any atom is -0.338 e. The summed E-state index contributed by atoms with van der Waals surface area (Å²) >= 11 is 0.705. The molecule has 0 aliphatic rings. The second-order valence-electron chi connectivity index (χ2n) is 3.42. The number of hydrogen-bond acceptors (Lipinski definition) is 5. The maximum atomic E-state index is 12.4. The Morgan fingerprint density at radius 3 is 2.70 bits per heavy atom. The van der Waals surface area contributed by atoms with Crippen molar-refractivity contribution in [1.82, 2.24) is 20.6 Å². The van der Waals surface area contributed by atoms with Gasteiger partial charge in [-0.1, -0.05) is 11.8 Å². The lowest BCUT2D eigenvalue weighted by Crippen LogP contribution is -2.40. The van der Waals surface area contributed by atoms with Crippen LogP contribution in [0.2, 0.25) is 0 Å². The fourth-order valence-corrected chi connectivity index (χ4v) is 1.70. The topological polar surface area (TPSA) is 84.0 Å². The van der Waals surface area contributed by atoms with Crippen LogP contribution < -0.4 is 10.6 Å². The second kappa shape index (κ2) is 7.08. The van der Waals surface area contributed by atoms with Gasteiger partial charge in [-0.25, -0.2) is 14.8 Å². The van der Waals surface area contributed by atoms with Crippen molar-refractivity contribution in [2.75, 3.05) is 12.3 Å². The number of alkyl halides is 3. The van der Waals surface area contributed by atoms with Gasteiger partial charge in [0.05, 0.1) is 5.75 Å². The molecule has 0 atom stereocenters. The van der Waals surface area contributed by atoms with Gasteiger partial charge in [0.1, 0.15) is 5.69 Å². The van der Waals surface area contributed by atoms with Crippen molar-refractivity contribution >= 4 is 23.7 Å². The molecule has 1 aromatic rings. The fraction of sp³-hybridized carbons (Fsp3) is 0.400. The Labute approximate surface area is 116 Å². The first-order chi connectivity index (χ1) is 9.32. The highest BCUT2D eigenvalue weighted by Gasteiger charge is 2.32. The molecule has 3 amide bonds.